The molecule has 7 nitrogen and oxygen atoms in total. The monoisotopic (exact) mass is 299 g/mol. The average Bonchev–Trinajstić information content (AvgIpc) is 3.38. The Morgan fingerprint density at radius 1 is 1.36 bits per heavy atom. The van der Waals surface area contributed by atoms with Gasteiger partial charge in [-0.05, 0) is 18.9 Å². The van der Waals surface area contributed by atoms with E-state index in [2.05, 4.69) is 25.2 Å². The van der Waals surface area contributed by atoms with Gasteiger partial charge in [-0.25, -0.2) is 9.97 Å². The maximum Gasteiger partial charge on any atom is 0.251 e. The van der Waals surface area contributed by atoms with E-state index in [1.54, 1.807) is 12.4 Å². The topological polar surface area (TPSA) is 80.2 Å². The van der Waals surface area contributed by atoms with E-state index in [0.29, 0.717) is 25.7 Å². The number of carbonyl (C=O) groups is 1. The number of hydrogen-bond donors (Lipinski definition) is 1. The number of aromatic nitrogens is 3. The van der Waals surface area contributed by atoms with Crippen LogP contribution in [0, 0.1) is 0 Å². The molecular weight excluding hydrogens is 282 g/mol. The first-order valence-electron chi connectivity index (χ1n) is 7.53. The van der Waals surface area contributed by atoms with Crippen molar-refractivity contribution in [3.05, 3.63) is 24.8 Å². The molecule has 2 aliphatic rings. The number of ether oxygens (including phenoxy) is 1. The first-order chi connectivity index (χ1) is 10.8. The summed E-state index contributed by atoms with van der Waals surface area (Å²) in [5, 5.41) is 3.94. The fraction of sp³-hybridized carbons (Fsp3) is 0.467. The van der Waals surface area contributed by atoms with Crippen LogP contribution in [0.2, 0.25) is 0 Å². The molecule has 1 saturated heterocycles. The van der Waals surface area contributed by atoms with Crippen LogP contribution in [0.25, 0.3) is 10.9 Å². The molecule has 2 fully saturated rings. The Morgan fingerprint density at radius 2 is 2.27 bits per heavy atom. The average molecular weight is 299 g/mol. The number of pyridine rings is 1. The summed E-state index contributed by atoms with van der Waals surface area (Å²) >= 11 is 0. The van der Waals surface area contributed by atoms with Crippen molar-refractivity contribution in [2.45, 2.75) is 25.0 Å². The number of nitrogens with one attached hydrogen (secondary N) is 1. The Hall–Kier alpha value is -2.28. The van der Waals surface area contributed by atoms with Gasteiger partial charge in [-0.1, -0.05) is 0 Å². The quantitative estimate of drug-likeness (QED) is 0.889. The third kappa shape index (κ3) is 2.59. The summed E-state index contributed by atoms with van der Waals surface area (Å²) < 4.78 is 5.62. The van der Waals surface area contributed by atoms with Crippen LogP contribution in [0.4, 0.5) is 5.82 Å². The zero-order valence-electron chi connectivity index (χ0n) is 12.1. The molecule has 1 unspecified atom stereocenters. The predicted molar refractivity (Wildman–Crippen MR) is 80.5 cm³/mol. The molecule has 0 radical (unpaired) electrons. The molecule has 1 aliphatic carbocycles. The van der Waals surface area contributed by atoms with Gasteiger partial charge in [0.15, 0.2) is 6.10 Å². The van der Waals surface area contributed by atoms with E-state index in [1.165, 1.54) is 6.33 Å². The fourth-order valence-electron chi connectivity index (χ4n) is 2.67. The highest BCUT2D eigenvalue weighted by atomic mass is 16.5. The van der Waals surface area contributed by atoms with Crippen LogP contribution >= 0.6 is 0 Å². The van der Waals surface area contributed by atoms with E-state index in [9.17, 15) is 4.79 Å². The minimum Gasteiger partial charge on any atom is -0.365 e. The minimum atomic E-state index is -0.443. The zero-order chi connectivity index (χ0) is 14.9. The summed E-state index contributed by atoms with van der Waals surface area (Å²) in [5.74, 6) is 0.812. The van der Waals surface area contributed by atoms with Gasteiger partial charge in [-0.2, -0.15) is 0 Å². The molecule has 1 N–H and O–H groups in total. The number of morpholine rings is 1. The highest BCUT2D eigenvalue weighted by Gasteiger charge is 2.32. The van der Waals surface area contributed by atoms with Gasteiger partial charge in [0.25, 0.3) is 5.91 Å². The molecule has 1 atom stereocenters. The van der Waals surface area contributed by atoms with Gasteiger partial charge in [-0.15, -0.1) is 0 Å². The van der Waals surface area contributed by atoms with Gasteiger partial charge < -0.3 is 15.0 Å². The van der Waals surface area contributed by atoms with Gasteiger partial charge in [0.2, 0.25) is 0 Å². The molecule has 0 spiro atoms. The van der Waals surface area contributed by atoms with Crippen molar-refractivity contribution < 1.29 is 9.53 Å². The fourth-order valence-corrected chi connectivity index (χ4v) is 2.67. The Morgan fingerprint density at radius 3 is 3.14 bits per heavy atom. The highest BCUT2D eigenvalue weighted by Crippen LogP contribution is 2.24. The van der Waals surface area contributed by atoms with Crippen molar-refractivity contribution in [1.82, 2.24) is 20.3 Å². The molecule has 2 aromatic heterocycles. The van der Waals surface area contributed by atoms with Gasteiger partial charge >= 0.3 is 0 Å². The van der Waals surface area contributed by atoms with E-state index >= 15 is 0 Å². The lowest BCUT2D eigenvalue weighted by atomic mass is 10.2. The van der Waals surface area contributed by atoms with E-state index < -0.39 is 6.10 Å². The molecule has 1 amide bonds. The second-order valence-electron chi connectivity index (χ2n) is 5.68. The van der Waals surface area contributed by atoms with E-state index in [0.717, 1.165) is 29.6 Å². The molecule has 1 aliphatic heterocycles. The summed E-state index contributed by atoms with van der Waals surface area (Å²) in [6.45, 7) is 1.73. The number of rotatable bonds is 3. The normalized spacial score (nSPS) is 21.8. The minimum absolute atomic E-state index is 0.0211. The van der Waals surface area contributed by atoms with Gasteiger partial charge in [0, 0.05) is 24.2 Å². The van der Waals surface area contributed by atoms with Gasteiger partial charge in [0.05, 0.1) is 24.9 Å². The Balaban J connectivity index is 1.57. The number of hydrogen-bond acceptors (Lipinski definition) is 6. The molecule has 0 bridgehead atoms. The van der Waals surface area contributed by atoms with Crippen molar-refractivity contribution in [2.24, 2.45) is 0 Å². The van der Waals surface area contributed by atoms with Crippen LogP contribution in [0.5, 0.6) is 0 Å². The van der Waals surface area contributed by atoms with Crippen molar-refractivity contribution in [1.29, 1.82) is 0 Å². The second kappa shape index (κ2) is 5.49. The summed E-state index contributed by atoms with van der Waals surface area (Å²) in [4.78, 5) is 27.0. The van der Waals surface area contributed by atoms with Crippen LogP contribution < -0.4 is 10.2 Å². The molecule has 114 valence electrons. The molecular formula is C15H17N5O2. The van der Waals surface area contributed by atoms with E-state index in [1.807, 2.05) is 6.07 Å². The molecule has 22 heavy (non-hydrogen) atoms. The Labute approximate surface area is 127 Å². The van der Waals surface area contributed by atoms with Crippen molar-refractivity contribution in [3.63, 3.8) is 0 Å². The molecule has 1 saturated carbocycles. The first kappa shape index (κ1) is 13.4. The Bertz CT molecular complexity index is 698. The number of carbonyl (C=O) groups excluding carboxylic acids is 1. The zero-order valence-corrected chi connectivity index (χ0v) is 12.1. The van der Waals surface area contributed by atoms with Crippen LogP contribution in [0.15, 0.2) is 24.8 Å². The number of nitrogens with zero attached hydrogens (tertiary/aromatic N) is 4. The summed E-state index contributed by atoms with van der Waals surface area (Å²) in [7, 11) is 0. The van der Waals surface area contributed by atoms with Gasteiger partial charge in [-0.3, -0.25) is 9.78 Å². The molecule has 4 rings (SSSR count). The smallest absolute Gasteiger partial charge is 0.251 e. The van der Waals surface area contributed by atoms with Crippen LogP contribution in [-0.2, 0) is 9.53 Å². The third-order valence-electron chi connectivity index (χ3n) is 4.00. The second-order valence-corrected chi connectivity index (χ2v) is 5.68. The number of anilines is 1. The molecule has 2 aromatic rings. The summed E-state index contributed by atoms with van der Waals surface area (Å²) in [5.41, 5.74) is 0.804. The largest absolute Gasteiger partial charge is 0.365 e. The number of fused-ring (bicyclic) bond motifs is 1. The lowest BCUT2D eigenvalue weighted by Crippen LogP contribution is -2.50. The van der Waals surface area contributed by atoms with Gasteiger partial charge in [0.1, 0.15) is 12.1 Å². The summed E-state index contributed by atoms with van der Waals surface area (Å²) in [6.07, 6.45) is 6.69. The van der Waals surface area contributed by atoms with Crippen LogP contribution in [-0.4, -0.2) is 52.7 Å². The SMILES string of the molecule is O=C(NC1CC1)C1CN(c2ncnc3cnccc23)CCO1. The standard InChI is InChI=1S/C15H17N5O2/c21-15(19-10-1-2-10)13-8-20(5-6-22-13)14-11-3-4-16-7-12(11)17-9-18-14/h3-4,7,9-10,13H,1-2,5-6,8H2,(H,19,21). The van der Waals surface area contributed by atoms with Crippen molar-refractivity contribution >= 4 is 22.6 Å². The Kier molecular flexibility index (Phi) is 3.34. The van der Waals surface area contributed by atoms with Crippen LogP contribution in [0.3, 0.4) is 0 Å². The van der Waals surface area contributed by atoms with Crippen molar-refractivity contribution in [3.8, 4) is 0 Å². The molecule has 7 heteroatoms. The van der Waals surface area contributed by atoms with E-state index in [4.69, 9.17) is 4.74 Å². The van der Waals surface area contributed by atoms with E-state index in [-0.39, 0.29) is 5.91 Å². The lowest BCUT2D eigenvalue weighted by Gasteiger charge is -2.33. The maximum atomic E-state index is 12.2. The lowest BCUT2D eigenvalue weighted by molar-refractivity contribution is -0.133. The summed E-state index contributed by atoms with van der Waals surface area (Å²) in [6, 6.07) is 2.25. The first-order valence-corrected chi connectivity index (χ1v) is 7.53. The maximum absolute atomic E-state index is 12.2. The van der Waals surface area contributed by atoms with Crippen molar-refractivity contribution in [2.75, 3.05) is 24.6 Å². The van der Waals surface area contributed by atoms with Crippen LogP contribution in [0.1, 0.15) is 12.8 Å². The third-order valence-corrected chi connectivity index (χ3v) is 4.00. The highest BCUT2D eigenvalue weighted by molar-refractivity contribution is 5.89. The predicted octanol–water partition coefficient (Wildman–Crippen LogP) is 0.509. The molecule has 3 heterocycles. The molecule has 0 aromatic carbocycles. The number of amides is 1.